The van der Waals surface area contributed by atoms with Gasteiger partial charge in [0.2, 0.25) is 11.0 Å². The molecule has 0 fully saturated rings. The molecule has 4 aromatic rings. The molecule has 0 radical (unpaired) electrons. The first-order valence-electron chi connectivity index (χ1n) is 11.8. The van der Waals surface area contributed by atoms with Crippen LogP contribution in [-0.4, -0.2) is 26.3 Å². The van der Waals surface area contributed by atoms with Crippen LogP contribution >= 0.6 is 0 Å². The molecule has 0 aliphatic carbocycles. The number of anilines is 2. The summed E-state index contributed by atoms with van der Waals surface area (Å²) in [5.74, 6) is 0. The summed E-state index contributed by atoms with van der Waals surface area (Å²) >= 11 is 0. The fraction of sp³-hybridized carbons (Fsp3) is 0.333. The van der Waals surface area contributed by atoms with Crippen LogP contribution < -0.4 is 53.7 Å². The summed E-state index contributed by atoms with van der Waals surface area (Å²) < 4.78 is 10.6. The largest absolute Gasteiger partial charge is 1.00 e. The van der Waals surface area contributed by atoms with Crippen molar-refractivity contribution in [2.24, 2.45) is 0 Å². The number of para-hydroxylation sites is 2. The summed E-state index contributed by atoms with van der Waals surface area (Å²) in [7, 11) is 0. The normalized spacial score (nSPS) is 15.1. The summed E-state index contributed by atoms with van der Waals surface area (Å²) in [4.78, 5) is 0. The Bertz CT molecular complexity index is 1120. The van der Waals surface area contributed by atoms with Crippen molar-refractivity contribution >= 4 is 33.2 Å². The highest BCUT2D eigenvalue weighted by Gasteiger charge is 2.14. The zero-order valence-electron chi connectivity index (χ0n) is 19.4. The average Bonchev–Trinajstić information content (AvgIpc) is 2.84. The van der Waals surface area contributed by atoms with E-state index in [1.54, 1.807) is 0 Å². The molecule has 6 rings (SSSR count). The van der Waals surface area contributed by atoms with Crippen LogP contribution in [-0.2, 0) is 17.8 Å². The number of pyridine rings is 2. The topological polar surface area (TPSA) is 41.0 Å². The molecule has 0 unspecified atom stereocenters. The van der Waals surface area contributed by atoms with E-state index in [9.17, 15) is 0 Å². The van der Waals surface area contributed by atoms with Crippen LogP contribution in [0.2, 0.25) is 0 Å². The van der Waals surface area contributed by atoms with E-state index in [1.807, 2.05) is 0 Å². The van der Waals surface area contributed by atoms with Crippen molar-refractivity contribution in [2.75, 3.05) is 36.9 Å². The van der Waals surface area contributed by atoms with Crippen molar-refractivity contribution in [2.45, 2.75) is 32.4 Å². The molecule has 2 aromatic heterocycles. The number of benzene rings is 2. The van der Waals surface area contributed by atoms with Gasteiger partial charge in [0.25, 0.3) is 0 Å². The SMILES string of the molecule is [Br-].[Br-].c1ccc2c(c1)c1cc[n+]2CCOCC[n+]2ccc(c3ccccc32)NCCCCCN1. The summed E-state index contributed by atoms with van der Waals surface area (Å²) in [6.45, 7) is 5.06. The second-order valence-corrected chi connectivity index (χ2v) is 8.41. The maximum atomic E-state index is 6.05. The van der Waals surface area contributed by atoms with E-state index in [0.29, 0.717) is 13.2 Å². The van der Waals surface area contributed by atoms with E-state index in [-0.39, 0.29) is 34.0 Å². The summed E-state index contributed by atoms with van der Waals surface area (Å²) in [5, 5.41) is 9.85. The molecule has 180 valence electrons. The Morgan fingerprint density at radius 1 is 0.588 bits per heavy atom. The average molecular weight is 588 g/mol. The minimum absolute atomic E-state index is 0. The third-order valence-corrected chi connectivity index (χ3v) is 6.29. The highest BCUT2D eigenvalue weighted by atomic mass is 79.9. The Kier molecular flexibility index (Phi) is 10.1. The third kappa shape index (κ3) is 6.06. The molecule has 4 heterocycles. The van der Waals surface area contributed by atoms with Crippen LogP contribution in [0.25, 0.3) is 21.8 Å². The molecule has 4 bridgehead atoms. The molecular weight excluding hydrogens is 556 g/mol. The van der Waals surface area contributed by atoms with E-state index in [2.05, 4.69) is 92.8 Å². The lowest BCUT2D eigenvalue weighted by molar-refractivity contribution is -0.680. The first kappa shape index (κ1) is 26.4. The minimum atomic E-state index is 0. The van der Waals surface area contributed by atoms with Crippen LogP contribution in [0, 0.1) is 0 Å². The minimum Gasteiger partial charge on any atom is -1.00 e. The molecule has 0 saturated heterocycles. The van der Waals surface area contributed by atoms with E-state index < -0.39 is 0 Å². The Morgan fingerprint density at radius 2 is 1.06 bits per heavy atom. The zero-order chi connectivity index (χ0) is 21.6. The van der Waals surface area contributed by atoms with Gasteiger partial charge < -0.3 is 49.3 Å². The van der Waals surface area contributed by atoms with E-state index >= 15 is 0 Å². The van der Waals surface area contributed by atoms with Gasteiger partial charge in [0.15, 0.2) is 25.5 Å². The fourth-order valence-corrected chi connectivity index (χ4v) is 4.57. The van der Waals surface area contributed by atoms with Gasteiger partial charge in [-0.3, -0.25) is 0 Å². The molecule has 7 heteroatoms. The van der Waals surface area contributed by atoms with Gasteiger partial charge in [0, 0.05) is 37.4 Å². The van der Waals surface area contributed by atoms with E-state index in [0.717, 1.165) is 39.0 Å². The predicted molar refractivity (Wildman–Crippen MR) is 130 cm³/mol. The standard InChI is InChI=1S/C27H30N4O.2BrH/c1-6-14-28-24-12-16-30(26-10-4-2-8-22(24)26)18-20-32-21-19-31-17-13-25(29-15-7-1)23-9-3-5-11-27(23)31;;/h2-5,8-13,16-17H,1,6-7,14-15,18-21H2;2*1H. The maximum absolute atomic E-state index is 6.05. The van der Waals surface area contributed by atoms with E-state index in [4.69, 9.17) is 4.74 Å². The molecule has 0 spiro atoms. The number of fused-ring (bicyclic) bond motifs is 12. The first-order valence-corrected chi connectivity index (χ1v) is 11.8. The number of aromatic nitrogens is 2. The molecule has 0 saturated carbocycles. The molecule has 0 amide bonds. The second kappa shape index (κ2) is 13.0. The van der Waals surface area contributed by atoms with Gasteiger partial charge >= 0.3 is 0 Å². The number of rotatable bonds is 0. The van der Waals surface area contributed by atoms with Crippen LogP contribution in [0.3, 0.4) is 0 Å². The first-order chi connectivity index (χ1) is 15.9. The van der Waals surface area contributed by atoms with Crippen molar-refractivity contribution < 1.29 is 47.8 Å². The highest BCUT2D eigenvalue weighted by Crippen LogP contribution is 2.21. The molecule has 2 aromatic carbocycles. The monoisotopic (exact) mass is 586 g/mol. The quantitative estimate of drug-likeness (QED) is 0.241. The van der Waals surface area contributed by atoms with Crippen molar-refractivity contribution in [3.63, 3.8) is 0 Å². The number of nitrogens with one attached hydrogen (secondary N) is 2. The van der Waals surface area contributed by atoms with Crippen molar-refractivity contribution in [1.29, 1.82) is 0 Å². The molecule has 5 nitrogen and oxygen atoms in total. The van der Waals surface area contributed by atoms with Gasteiger partial charge in [0.05, 0.1) is 22.1 Å². The lowest BCUT2D eigenvalue weighted by atomic mass is 10.1. The summed E-state index contributed by atoms with van der Waals surface area (Å²) in [6, 6.07) is 21.7. The molecule has 2 aliphatic heterocycles. The molecular formula is C27H32Br2N4O. The number of nitrogens with zero attached hydrogens (tertiary/aromatic N) is 2. The lowest BCUT2D eigenvalue weighted by Crippen LogP contribution is -3.00. The van der Waals surface area contributed by atoms with Crippen molar-refractivity contribution in [3.05, 3.63) is 73.1 Å². The number of hydrogen-bond acceptors (Lipinski definition) is 3. The Labute approximate surface area is 222 Å². The van der Waals surface area contributed by atoms with E-state index in [1.165, 1.54) is 39.6 Å². The Morgan fingerprint density at radius 3 is 1.56 bits per heavy atom. The van der Waals surface area contributed by atoms with Crippen LogP contribution in [0.1, 0.15) is 19.3 Å². The van der Waals surface area contributed by atoms with Crippen LogP contribution in [0.5, 0.6) is 0 Å². The number of hydrogen-bond donors (Lipinski definition) is 2. The molecule has 0 atom stereocenters. The fourth-order valence-electron chi connectivity index (χ4n) is 4.57. The molecule has 2 aliphatic rings. The predicted octanol–water partition coefficient (Wildman–Crippen LogP) is -1.70. The smallest absolute Gasteiger partial charge is 0.214 e. The Balaban J connectivity index is 0.00000162. The Hall–Kier alpha value is -2.22. The maximum Gasteiger partial charge on any atom is 0.214 e. The van der Waals surface area contributed by atoms with Gasteiger partial charge in [-0.2, -0.15) is 9.13 Å². The highest BCUT2D eigenvalue weighted by molar-refractivity contribution is 5.89. The third-order valence-electron chi connectivity index (χ3n) is 6.29. The molecule has 34 heavy (non-hydrogen) atoms. The van der Waals surface area contributed by atoms with Gasteiger partial charge in [-0.25, -0.2) is 0 Å². The number of halogens is 2. The lowest BCUT2D eigenvalue weighted by Gasteiger charge is -2.12. The zero-order valence-corrected chi connectivity index (χ0v) is 22.5. The van der Waals surface area contributed by atoms with Crippen molar-refractivity contribution in [1.82, 2.24) is 0 Å². The van der Waals surface area contributed by atoms with Gasteiger partial charge in [0.1, 0.15) is 13.2 Å². The van der Waals surface area contributed by atoms with Gasteiger partial charge in [-0.1, -0.05) is 24.3 Å². The second-order valence-electron chi connectivity index (χ2n) is 8.41. The van der Waals surface area contributed by atoms with Gasteiger partial charge in [-0.05, 0) is 31.4 Å². The van der Waals surface area contributed by atoms with Crippen molar-refractivity contribution in [3.8, 4) is 0 Å². The summed E-state index contributed by atoms with van der Waals surface area (Å²) in [6.07, 6.45) is 7.88. The molecule has 2 N–H and O–H groups in total. The number of ether oxygens (including phenoxy) is 1. The summed E-state index contributed by atoms with van der Waals surface area (Å²) in [5.41, 5.74) is 4.92. The van der Waals surface area contributed by atoms with Crippen LogP contribution in [0.15, 0.2) is 73.1 Å². The van der Waals surface area contributed by atoms with Gasteiger partial charge in [-0.15, -0.1) is 0 Å². The van der Waals surface area contributed by atoms with Crippen LogP contribution in [0.4, 0.5) is 11.4 Å².